The van der Waals surface area contributed by atoms with Gasteiger partial charge in [0.2, 0.25) is 11.4 Å². The second-order valence-corrected chi connectivity index (χ2v) is 7.84. The van der Waals surface area contributed by atoms with Crippen molar-refractivity contribution in [2.75, 3.05) is 0 Å². The Morgan fingerprint density at radius 1 is 0.857 bits per heavy atom. The molecule has 0 unspecified atom stereocenters. The van der Waals surface area contributed by atoms with E-state index in [9.17, 15) is 0 Å². The summed E-state index contributed by atoms with van der Waals surface area (Å²) >= 11 is 0. The Bertz CT molecular complexity index is 1040. The third-order valence-corrected chi connectivity index (χ3v) is 5.32. The molecule has 0 radical (unpaired) electrons. The Balaban J connectivity index is 1.82. The SMILES string of the molecule is CC1=CC(=C/C=C/C2=[N+](c3ccccc3)c3ccccc3C2(C)C)C=C(C)O1. The molecule has 2 nitrogen and oxygen atoms in total. The molecule has 0 atom stereocenters. The fraction of sp³-hybridized carbons (Fsp3) is 0.192. The van der Waals surface area contributed by atoms with Gasteiger partial charge in [0.05, 0.1) is 5.41 Å². The number of hydrogen-bond donors (Lipinski definition) is 0. The average Bonchev–Trinajstić information content (AvgIpc) is 2.89. The normalized spacial score (nSPS) is 17.9. The lowest BCUT2D eigenvalue weighted by molar-refractivity contribution is 0.304. The molecule has 0 aliphatic carbocycles. The minimum Gasteiger partial charge on any atom is -0.467 e. The number of allylic oxidation sites excluding steroid dienone is 8. The minimum atomic E-state index is -0.0748. The summed E-state index contributed by atoms with van der Waals surface area (Å²) in [5.41, 5.74) is 6.13. The van der Waals surface area contributed by atoms with Crippen LogP contribution in [-0.2, 0) is 10.2 Å². The van der Waals surface area contributed by atoms with E-state index in [0.29, 0.717) is 0 Å². The monoisotopic (exact) mass is 368 g/mol. The zero-order chi connectivity index (χ0) is 19.7. The van der Waals surface area contributed by atoms with Crippen LogP contribution in [0.15, 0.2) is 102 Å². The maximum absolute atomic E-state index is 5.59. The molecule has 2 aromatic rings. The van der Waals surface area contributed by atoms with Crippen LogP contribution in [0, 0.1) is 0 Å². The van der Waals surface area contributed by atoms with Crippen LogP contribution in [0.5, 0.6) is 0 Å². The number of benzene rings is 2. The first-order chi connectivity index (χ1) is 13.5. The van der Waals surface area contributed by atoms with Crippen LogP contribution in [-0.4, -0.2) is 5.71 Å². The highest BCUT2D eigenvalue weighted by atomic mass is 16.5. The van der Waals surface area contributed by atoms with Gasteiger partial charge in [-0.25, -0.2) is 0 Å². The highest BCUT2D eigenvalue weighted by molar-refractivity contribution is 6.10. The molecule has 0 saturated carbocycles. The van der Waals surface area contributed by atoms with Gasteiger partial charge in [-0.3, -0.25) is 0 Å². The summed E-state index contributed by atoms with van der Waals surface area (Å²) < 4.78 is 7.96. The van der Waals surface area contributed by atoms with Crippen molar-refractivity contribution in [1.29, 1.82) is 0 Å². The minimum absolute atomic E-state index is 0.0748. The first kappa shape index (κ1) is 18.2. The van der Waals surface area contributed by atoms with Crippen LogP contribution in [0.25, 0.3) is 0 Å². The summed E-state index contributed by atoms with van der Waals surface area (Å²) in [7, 11) is 0. The van der Waals surface area contributed by atoms with E-state index >= 15 is 0 Å². The molecule has 2 heteroatoms. The van der Waals surface area contributed by atoms with Crippen molar-refractivity contribution < 1.29 is 4.74 Å². The van der Waals surface area contributed by atoms with Crippen LogP contribution < -0.4 is 4.58 Å². The van der Waals surface area contributed by atoms with Crippen molar-refractivity contribution in [3.05, 3.63) is 108 Å². The van der Waals surface area contributed by atoms with E-state index in [2.05, 4.69) is 103 Å². The summed E-state index contributed by atoms with van der Waals surface area (Å²) in [5, 5.41) is 0. The first-order valence-corrected chi connectivity index (χ1v) is 9.72. The summed E-state index contributed by atoms with van der Waals surface area (Å²) in [6.45, 7) is 8.56. The molecular weight excluding hydrogens is 342 g/mol. The predicted octanol–water partition coefficient (Wildman–Crippen LogP) is 6.57. The lowest BCUT2D eigenvalue weighted by atomic mass is 9.81. The summed E-state index contributed by atoms with van der Waals surface area (Å²) in [5.74, 6) is 1.85. The molecule has 140 valence electrons. The van der Waals surface area contributed by atoms with Gasteiger partial charge in [-0.1, -0.05) is 48.6 Å². The van der Waals surface area contributed by atoms with Crippen LogP contribution >= 0.6 is 0 Å². The van der Waals surface area contributed by atoms with E-state index in [1.807, 2.05) is 13.8 Å². The lowest BCUT2D eigenvalue weighted by Crippen LogP contribution is -2.27. The molecule has 0 saturated heterocycles. The molecule has 0 bridgehead atoms. The molecule has 2 aromatic carbocycles. The second-order valence-electron chi connectivity index (χ2n) is 7.84. The molecule has 0 amide bonds. The van der Waals surface area contributed by atoms with Gasteiger partial charge in [-0.15, -0.1) is 0 Å². The largest absolute Gasteiger partial charge is 0.467 e. The van der Waals surface area contributed by atoms with E-state index in [1.54, 1.807) is 0 Å². The smallest absolute Gasteiger partial charge is 0.215 e. The summed E-state index contributed by atoms with van der Waals surface area (Å²) in [6.07, 6.45) is 10.6. The van der Waals surface area contributed by atoms with E-state index in [-0.39, 0.29) is 5.41 Å². The van der Waals surface area contributed by atoms with Gasteiger partial charge < -0.3 is 4.74 Å². The van der Waals surface area contributed by atoms with Gasteiger partial charge in [-0.05, 0) is 45.4 Å². The molecule has 28 heavy (non-hydrogen) atoms. The van der Waals surface area contributed by atoms with E-state index in [1.165, 1.54) is 22.6 Å². The Labute approximate surface area is 167 Å². The van der Waals surface area contributed by atoms with E-state index in [4.69, 9.17) is 4.74 Å². The zero-order valence-corrected chi connectivity index (χ0v) is 16.9. The third-order valence-electron chi connectivity index (χ3n) is 5.32. The Morgan fingerprint density at radius 2 is 1.50 bits per heavy atom. The van der Waals surface area contributed by atoms with Crippen LogP contribution in [0.4, 0.5) is 11.4 Å². The van der Waals surface area contributed by atoms with Gasteiger partial charge in [0.15, 0.2) is 5.71 Å². The van der Waals surface area contributed by atoms with Gasteiger partial charge in [-0.2, -0.15) is 4.58 Å². The molecule has 0 N–H and O–H groups in total. The zero-order valence-electron chi connectivity index (χ0n) is 16.9. The van der Waals surface area contributed by atoms with Crippen molar-refractivity contribution in [2.45, 2.75) is 33.1 Å². The summed E-state index contributed by atoms with van der Waals surface area (Å²) in [6, 6.07) is 19.3. The molecule has 0 spiro atoms. The fourth-order valence-corrected chi connectivity index (χ4v) is 4.05. The Hall–Kier alpha value is -3.13. The van der Waals surface area contributed by atoms with Crippen molar-refractivity contribution in [3.8, 4) is 0 Å². The summed E-state index contributed by atoms with van der Waals surface area (Å²) in [4.78, 5) is 0. The molecule has 2 aliphatic heterocycles. The number of para-hydroxylation sites is 2. The topological polar surface area (TPSA) is 12.2 Å². The molecular formula is C26H26NO+. The first-order valence-electron chi connectivity index (χ1n) is 9.72. The van der Waals surface area contributed by atoms with Gasteiger partial charge in [0.25, 0.3) is 0 Å². The number of nitrogens with zero attached hydrogens (tertiary/aromatic N) is 1. The van der Waals surface area contributed by atoms with Gasteiger partial charge in [0.1, 0.15) is 11.5 Å². The fourth-order valence-electron chi connectivity index (χ4n) is 4.05. The number of ether oxygens (including phenoxy) is 1. The van der Waals surface area contributed by atoms with Crippen LogP contribution in [0.3, 0.4) is 0 Å². The average molecular weight is 369 g/mol. The van der Waals surface area contributed by atoms with Crippen molar-refractivity contribution in [3.63, 3.8) is 0 Å². The predicted molar refractivity (Wildman–Crippen MR) is 118 cm³/mol. The van der Waals surface area contributed by atoms with Gasteiger partial charge in [0, 0.05) is 29.8 Å². The quantitative estimate of drug-likeness (QED) is 0.558. The van der Waals surface area contributed by atoms with Gasteiger partial charge >= 0.3 is 0 Å². The molecule has 0 aromatic heterocycles. The van der Waals surface area contributed by atoms with Crippen molar-refractivity contribution >= 4 is 17.1 Å². The van der Waals surface area contributed by atoms with E-state index < -0.39 is 0 Å². The Morgan fingerprint density at radius 3 is 2.21 bits per heavy atom. The van der Waals surface area contributed by atoms with Crippen molar-refractivity contribution in [1.82, 2.24) is 4.58 Å². The molecule has 2 aliphatic rings. The standard InChI is InChI=1S/C26H26NO/c1-19-17-21(18-20(2)28-19)11-10-16-25-26(3,4)23-14-8-9-15-24(23)27(25)22-12-6-5-7-13-22/h5-18H,1-4H3/q+1/b16-10+. The maximum atomic E-state index is 5.59. The lowest BCUT2D eigenvalue weighted by Gasteiger charge is -2.15. The highest BCUT2D eigenvalue weighted by Crippen LogP contribution is 2.41. The van der Waals surface area contributed by atoms with Crippen LogP contribution in [0.1, 0.15) is 33.3 Å². The second kappa shape index (κ2) is 7.12. The maximum Gasteiger partial charge on any atom is 0.215 e. The molecule has 4 rings (SSSR count). The van der Waals surface area contributed by atoms with E-state index in [0.717, 1.165) is 17.1 Å². The third kappa shape index (κ3) is 3.27. The highest BCUT2D eigenvalue weighted by Gasteiger charge is 2.44. The number of fused-ring (bicyclic) bond motifs is 1. The number of rotatable bonds is 3. The number of hydrogen-bond acceptors (Lipinski definition) is 1. The van der Waals surface area contributed by atoms with Crippen LogP contribution in [0.2, 0.25) is 0 Å². The Kier molecular flexibility index (Phi) is 4.64. The van der Waals surface area contributed by atoms with Crippen molar-refractivity contribution in [2.24, 2.45) is 0 Å². The molecule has 0 fully saturated rings. The molecule has 2 heterocycles.